The van der Waals surface area contributed by atoms with Gasteiger partial charge >= 0.3 is 0 Å². The molecule has 1 aromatic carbocycles. The molecule has 2 saturated heterocycles. The third kappa shape index (κ3) is 2.73. The Bertz CT molecular complexity index is 432. The second-order valence-corrected chi connectivity index (χ2v) is 5.15. The van der Waals surface area contributed by atoms with E-state index >= 15 is 0 Å². The lowest BCUT2D eigenvalue weighted by Gasteiger charge is -2.27. The van der Waals surface area contributed by atoms with E-state index in [0.717, 1.165) is 18.7 Å². The van der Waals surface area contributed by atoms with Crippen molar-refractivity contribution in [2.45, 2.75) is 12.8 Å². The molecule has 102 valence electrons. The lowest BCUT2D eigenvalue weighted by Crippen LogP contribution is -2.40. The zero-order valence-electron chi connectivity index (χ0n) is 11.2. The lowest BCUT2D eigenvalue weighted by atomic mass is 10.1. The molecule has 2 fully saturated rings. The Morgan fingerprint density at radius 3 is 2.21 bits per heavy atom. The molecule has 0 aliphatic carbocycles. The molecule has 0 radical (unpaired) electrons. The summed E-state index contributed by atoms with van der Waals surface area (Å²) >= 11 is 0. The summed E-state index contributed by atoms with van der Waals surface area (Å²) in [5.74, 6) is 0.122. The van der Waals surface area contributed by atoms with E-state index in [4.69, 9.17) is 4.74 Å². The fourth-order valence-electron chi connectivity index (χ4n) is 2.74. The van der Waals surface area contributed by atoms with E-state index in [0.29, 0.717) is 26.3 Å². The Kier molecular flexibility index (Phi) is 3.69. The molecular weight excluding hydrogens is 240 g/mol. The van der Waals surface area contributed by atoms with Gasteiger partial charge in [-0.25, -0.2) is 0 Å². The van der Waals surface area contributed by atoms with Crippen LogP contribution in [0, 0.1) is 0 Å². The molecule has 19 heavy (non-hydrogen) atoms. The predicted octanol–water partition coefficient (Wildman–Crippen LogP) is 1.76. The number of carbonyl (C=O) groups excluding carboxylic acids is 1. The van der Waals surface area contributed by atoms with Crippen LogP contribution >= 0.6 is 0 Å². The second kappa shape index (κ2) is 5.61. The lowest BCUT2D eigenvalue weighted by molar-refractivity contribution is 0.0303. The van der Waals surface area contributed by atoms with Gasteiger partial charge in [0.2, 0.25) is 0 Å². The Morgan fingerprint density at radius 1 is 0.947 bits per heavy atom. The van der Waals surface area contributed by atoms with Gasteiger partial charge in [-0.3, -0.25) is 4.79 Å². The number of anilines is 1. The minimum atomic E-state index is 0.122. The molecule has 0 spiro atoms. The first-order valence-electron chi connectivity index (χ1n) is 7.06. The first-order chi connectivity index (χ1) is 9.34. The van der Waals surface area contributed by atoms with E-state index in [-0.39, 0.29) is 5.91 Å². The number of nitrogens with zero attached hydrogens (tertiary/aromatic N) is 2. The van der Waals surface area contributed by atoms with E-state index in [1.165, 1.54) is 18.5 Å². The van der Waals surface area contributed by atoms with Crippen LogP contribution in [0.1, 0.15) is 23.2 Å². The first kappa shape index (κ1) is 12.5. The molecule has 2 heterocycles. The van der Waals surface area contributed by atoms with Crippen molar-refractivity contribution < 1.29 is 9.53 Å². The molecule has 1 amide bonds. The van der Waals surface area contributed by atoms with Gasteiger partial charge < -0.3 is 14.5 Å². The smallest absolute Gasteiger partial charge is 0.254 e. The largest absolute Gasteiger partial charge is 0.378 e. The molecule has 0 bridgehead atoms. The van der Waals surface area contributed by atoms with Gasteiger partial charge in [0.25, 0.3) is 5.91 Å². The minimum Gasteiger partial charge on any atom is -0.378 e. The monoisotopic (exact) mass is 260 g/mol. The fraction of sp³-hybridized carbons (Fsp3) is 0.533. The van der Waals surface area contributed by atoms with E-state index in [9.17, 15) is 4.79 Å². The Balaban J connectivity index is 1.69. The molecule has 4 nitrogen and oxygen atoms in total. The number of hydrogen-bond acceptors (Lipinski definition) is 3. The highest BCUT2D eigenvalue weighted by Crippen LogP contribution is 2.21. The van der Waals surface area contributed by atoms with Crippen molar-refractivity contribution in [3.8, 4) is 0 Å². The summed E-state index contributed by atoms with van der Waals surface area (Å²) in [4.78, 5) is 16.5. The quantitative estimate of drug-likeness (QED) is 0.812. The Hall–Kier alpha value is -1.55. The summed E-state index contributed by atoms with van der Waals surface area (Å²) in [6.07, 6.45) is 2.54. The molecule has 2 aliphatic rings. The number of benzene rings is 1. The van der Waals surface area contributed by atoms with Crippen molar-refractivity contribution in [2.24, 2.45) is 0 Å². The highest BCUT2D eigenvalue weighted by molar-refractivity contribution is 5.94. The molecule has 0 atom stereocenters. The number of hydrogen-bond donors (Lipinski definition) is 0. The molecule has 3 rings (SSSR count). The number of rotatable bonds is 2. The van der Waals surface area contributed by atoms with Crippen molar-refractivity contribution in [1.82, 2.24) is 4.90 Å². The maximum absolute atomic E-state index is 12.3. The van der Waals surface area contributed by atoms with Crippen LogP contribution in [0.25, 0.3) is 0 Å². The molecule has 1 aromatic rings. The predicted molar refractivity (Wildman–Crippen MR) is 74.6 cm³/mol. The summed E-state index contributed by atoms with van der Waals surface area (Å²) in [6.45, 7) is 4.97. The van der Waals surface area contributed by atoms with E-state index in [1.54, 1.807) is 0 Å². The Labute approximate surface area is 113 Å². The van der Waals surface area contributed by atoms with Crippen LogP contribution in [0.2, 0.25) is 0 Å². The normalized spacial score (nSPS) is 19.8. The summed E-state index contributed by atoms with van der Waals surface area (Å²) in [5.41, 5.74) is 2.01. The van der Waals surface area contributed by atoms with Gasteiger partial charge in [0.05, 0.1) is 13.2 Å². The third-order valence-corrected chi connectivity index (χ3v) is 3.88. The van der Waals surface area contributed by atoms with Gasteiger partial charge in [0, 0.05) is 37.4 Å². The standard InChI is InChI=1S/C15H20N2O2/c18-15(17-9-11-19-12-10-17)13-3-5-14(6-4-13)16-7-1-2-8-16/h3-6H,1-2,7-12H2. The van der Waals surface area contributed by atoms with Gasteiger partial charge in [0.15, 0.2) is 0 Å². The molecule has 0 saturated carbocycles. The average Bonchev–Trinajstić information content (AvgIpc) is 3.02. The van der Waals surface area contributed by atoms with E-state index < -0.39 is 0 Å². The van der Waals surface area contributed by atoms with Crippen molar-refractivity contribution in [3.63, 3.8) is 0 Å². The van der Waals surface area contributed by atoms with Crippen molar-refractivity contribution in [3.05, 3.63) is 29.8 Å². The minimum absolute atomic E-state index is 0.122. The number of amides is 1. The molecule has 0 aromatic heterocycles. The van der Waals surface area contributed by atoms with Crippen molar-refractivity contribution >= 4 is 11.6 Å². The highest BCUT2D eigenvalue weighted by Gasteiger charge is 2.19. The van der Waals surface area contributed by atoms with Crippen LogP contribution < -0.4 is 4.90 Å². The highest BCUT2D eigenvalue weighted by atomic mass is 16.5. The Morgan fingerprint density at radius 2 is 1.58 bits per heavy atom. The number of morpholine rings is 1. The third-order valence-electron chi connectivity index (χ3n) is 3.88. The number of carbonyl (C=O) groups is 1. The molecule has 2 aliphatic heterocycles. The van der Waals surface area contributed by atoms with Gasteiger partial charge in [-0.05, 0) is 37.1 Å². The SMILES string of the molecule is O=C(c1ccc(N2CCCC2)cc1)N1CCOCC1. The van der Waals surface area contributed by atoms with Gasteiger partial charge in [-0.2, -0.15) is 0 Å². The van der Waals surface area contributed by atoms with Gasteiger partial charge in [-0.15, -0.1) is 0 Å². The van der Waals surface area contributed by atoms with Crippen LogP contribution in [0.15, 0.2) is 24.3 Å². The molecule has 0 N–H and O–H groups in total. The molecule has 4 heteroatoms. The van der Waals surface area contributed by atoms with Crippen molar-refractivity contribution in [1.29, 1.82) is 0 Å². The first-order valence-corrected chi connectivity index (χ1v) is 7.06. The van der Waals surface area contributed by atoms with Crippen LogP contribution in [0.4, 0.5) is 5.69 Å². The van der Waals surface area contributed by atoms with Crippen LogP contribution in [0.5, 0.6) is 0 Å². The summed E-state index contributed by atoms with van der Waals surface area (Å²) in [6, 6.07) is 8.04. The average molecular weight is 260 g/mol. The zero-order chi connectivity index (χ0) is 13.1. The van der Waals surface area contributed by atoms with Gasteiger partial charge in [-0.1, -0.05) is 0 Å². The second-order valence-electron chi connectivity index (χ2n) is 5.15. The summed E-state index contributed by atoms with van der Waals surface area (Å²) in [5, 5.41) is 0. The van der Waals surface area contributed by atoms with E-state index in [2.05, 4.69) is 17.0 Å². The van der Waals surface area contributed by atoms with Crippen LogP contribution in [-0.2, 0) is 4.74 Å². The number of ether oxygens (including phenoxy) is 1. The fourth-order valence-corrected chi connectivity index (χ4v) is 2.74. The summed E-state index contributed by atoms with van der Waals surface area (Å²) < 4.78 is 5.27. The van der Waals surface area contributed by atoms with Gasteiger partial charge in [0.1, 0.15) is 0 Å². The molecule has 0 unspecified atom stereocenters. The van der Waals surface area contributed by atoms with Crippen LogP contribution in [0.3, 0.4) is 0 Å². The zero-order valence-corrected chi connectivity index (χ0v) is 11.2. The van der Waals surface area contributed by atoms with Crippen LogP contribution in [-0.4, -0.2) is 50.2 Å². The summed E-state index contributed by atoms with van der Waals surface area (Å²) in [7, 11) is 0. The topological polar surface area (TPSA) is 32.8 Å². The maximum Gasteiger partial charge on any atom is 0.254 e. The molecular formula is C15H20N2O2. The van der Waals surface area contributed by atoms with E-state index in [1.807, 2.05) is 17.0 Å². The van der Waals surface area contributed by atoms with Crippen molar-refractivity contribution in [2.75, 3.05) is 44.3 Å². The maximum atomic E-state index is 12.3.